The Labute approximate surface area is 188 Å². The van der Waals surface area contributed by atoms with E-state index in [-0.39, 0.29) is 5.75 Å². The minimum Gasteiger partial charge on any atom is -0.440 e. The zero-order valence-corrected chi connectivity index (χ0v) is 18.5. The van der Waals surface area contributed by atoms with E-state index in [2.05, 4.69) is 30.7 Å². The number of aromatic nitrogens is 3. The first-order valence-corrected chi connectivity index (χ1v) is 10.1. The molecule has 0 amide bonds. The first-order chi connectivity index (χ1) is 14.6. The molecule has 31 heavy (non-hydrogen) atoms. The number of alkyl halides is 3. The van der Waals surface area contributed by atoms with Gasteiger partial charge in [-0.15, -0.1) is 13.2 Å². The number of ether oxygens (including phenoxy) is 1. The van der Waals surface area contributed by atoms with E-state index in [0.29, 0.717) is 44.9 Å². The second-order valence-corrected chi connectivity index (χ2v) is 7.97. The molecule has 0 saturated carbocycles. The summed E-state index contributed by atoms with van der Waals surface area (Å²) in [6.07, 6.45) is -3.07. The van der Waals surface area contributed by atoms with Crippen LogP contribution >= 0.6 is 27.5 Å². The summed E-state index contributed by atoms with van der Waals surface area (Å²) in [5.41, 5.74) is 3.15. The Morgan fingerprint density at radius 1 is 1.10 bits per heavy atom. The maximum absolute atomic E-state index is 12.5. The fraction of sp³-hybridized carbons (Fsp3) is 0.143. The molecule has 0 N–H and O–H groups in total. The van der Waals surface area contributed by atoms with Crippen molar-refractivity contribution in [3.8, 4) is 34.0 Å². The highest BCUT2D eigenvalue weighted by molar-refractivity contribution is 9.10. The average molecular weight is 513 g/mol. The normalized spacial score (nSPS) is 11.7. The summed E-state index contributed by atoms with van der Waals surface area (Å²) in [5.74, 6) is 0.491. The lowest BCUT2D eigenvalue weighted by Crippen LogP contribution is -2.16. The number of hydrogen-bond donors (Lipinski definition) is 0. The smallest absolute Gasteiger partial charge is 0.440 e. The molecule has 0 fully saturated rings. The second kappa shape index (κ2) is 8.05. The number of oxazole rings is 1. The fourth-order valence-corrected chi connectivity index (χ4v) is 3.56. The van der Waals surface area contributed by atoms with Crippen molar-refractivity contribution >= 4 is 27.5 Å². The Kier molecular flexibility index (Phi) is 5.57. The Bertz CT molecular complexity index is 1230. The van der Waals surface area contributed by atoms with Gasteiger partial charge in [0.15, 0.2) is 11.7 Å². The van der Waals surface area contributed by atoms with Crippen LogP contribution in [-0.2, 0) is 0 Å². The minimum atomic E-state index is -4.76. The predicted octanol–water partition coefficient (Wildman–Crippen LogP) is 7.13. The summed E-state index contributed by atoms with van der Waals surface area (Å²) in [5, 5.41) is 4.96. The van der Waals surface area contributed by atoms with E-state index >= 15 is 0 Å². The van der Waals surface area contributed by atoms with Crippen LogP contribution in [-0.4, -0.2) is 21.1 Å². The number of nitrogens with zero attached hydrogens (tertiary/aromatic N) is 3. The van der Waals surface area contributed by atoms with Gasteiger partial charge in [0, 0.05) is 28.7 Å². The van der Waals surface area contributed by atoms with Crippen molar-refractivity contribution in [3.63, 3.8) is 0 Å². The van der Waals surface area contributed by atoms with Crippen molar-refractivity contribution in [1.29, 1.82) is 0 Å². The third-order valence-corrected chi connectivity index (χ3v) is 5.25. The highest BCUT2D eigenvalue weighted by Gasteiger charge is 2.31. The van der Waals surface area contributed by atoms with Crippen molar-refractivity contribution in [1.82, 2.24) is 14.8 Å². The van der Waals surface area contributed by atoms with E-state index in [1.54, 1.807) is 24.7 Å². The molecule has 0 aliphatic rings. The third kappa shape index (κ3) is 4.62. The van der Waals surface area contributed by atoms with Crippen LogP contribution < -0.4 is 4.74 Å². The summed E-state index contributed by atoms with van der Waals surface area (Å²) in [6.45, 7) is 3.49. The average Bonchev–Trinajstić information content (AvgIpc) is 3.23. The van der Waals surface area contributed by atoms with Crippen LogP contribution in [0, 0.1) is 13.8 Å². The number of rotatable bonds is 4. The number of halogens is 5. The monoisotopic (exact) mass is 511 g/mol. The summed E-state index contributed by atoms with van der Waals surface area (Å²) < 4.78 is 49.6. The molecule has 5 nitrogen and oxygen atoms in total. The largest absolute Gasteiger partial charge is 0.573 e. The SMILES string of the molecule is Cc1nc(-c2cc(Br)ccc2-n2cc(Cl)c(C)n2)c(-c2ccc(OC(F)(F)F)cc2)o1. The van der Waals surface area contributed by atoms with Gasteiger partial charge in [0.05, 0.1) is 16.4 Å². The molecular weight excluding hydrogens is 499 g/mol. The maximum Gasteiger partial charge on any atom is 0.573 e. The molecule has 10 heteroatoms. The first kappa shape index (κ1) is 21.5. The Hall–Kier alpha value is -2.78. The Morgan fingerprint density at radius 2 is 1.81 bits per heavy atom. The number of hydrogen-bond acceptors (Lipinski definition) is 4. The quantitative estimate of drug-likeness (QED) is 0.292. The van der Waals surface area contributed by atoms with Crippen molar-refractivity contribution in [2.75, 3.05) is 0 Å². The molecule has 0 unspecified atom stereocenters. The Morgan fingerprint density at radius 3 is 2.42 bits per heavy atom. The van der Waals surface area contributed by atoms with E-state index in [1.165, 1.54) is 24.3 Å². The molecule has 0 saturated heterocycles. The highest BCUT2D eigenvalue weighted by Crippen LogP contribution is 2.38. The molecule has 0 aliphatic carbocycles. The molecule has 0 radical (unpaired) electrons. The van der Waals surface area contributed by atoms with Crippen molar-refractivity contribution in [2.24, 2.45) is 0 Å². The molecule has 2 aromatic carbocycles. The summed E-state index contributed by atoms with van der Waals surface area (Å²) in [6, 6.07) is 11.0. The summed E-state index contributed by atoms with van der Waals surface area (Å²) in [4.78, 5) is 4.52. The highest BCUT2D eigenvalue weighted by atomic mass is 79.9. The predicted molar refractivity (Wildman–Crippen MR) is 113 cm³/mol. The third-order valence-electron chi connectivity index (χ3n) is 4.38. The second-order valence-electron chi connectivity index (χ2n) is 6.65. The topological polar surface area (TPSA) is 53.1 Å². The van der Waals surface area contributed by atoms with Crippen molar-refractivity contribution in [3.05, 3.63) is 69.7 Å². The van der Waals surface area contributed by atoms with Gasteiger partial charge in [0.1, 0.15) is 11.4 Å². The van der Waals surface area contributed by atoms with Crippen LogP contribution in [0.1, 0.15) is 11.6 Å². The van der Waals surface area contributed by atoms with Gasteiger partial charge >= 0.3 is 6.36 Å². The van der Waals surface area contributed by atoms with E-state index in [0.717, 1.165) is 4.47 Å². The fourth-order valence-electron chi connectivity index (χ4n) is 3.07. The molecule has 160 valence electrons. The zero-order valence-electron chi connectivity index (χ0n) is 16.2. The standard InChI is InChI=1S/C21H14BrClF3N3O2/c1-11-17(23)10-29(28-11)18-8-5-14(22)9-16(18)19-20(30-12(2)27-19)13-3-6-15(7-4-13)31-21(24,25)26/h3-10H,1-2H3. The number of aryl methyl sites for hydroxylation is 2. The van der Waals surface area contributed by atoms with Gasteiger partial charge in [-0.1, -0.05) is 27.5 Å². The van der Waals surface area contributed by atoms with Gasteiger partial charge in [-0.25, -0.2) is 9.67 Å². The van der Waals surface area contributed by atoms with Crippen LogP contribution in [0.3, 0.4) is 0 Å². The molecule has 0 aliphatic heterocycles. The molecule has 0 atom stereocenters. The zero-order chi connectivity index (χ0) is 22.3. The van der Waals surface area contributed by atoms with Crippen LogP contribution in [0.2, 0.25) is 5.02 Å². The van der Waals surface area contributed by atoms with E-state index in [9.17, 15) is 13.2 Å². The lowest BCUT2D eigenvalue weighted by atomic mass is 10.0. The van der Waals surface area contributed by atoms with Gasteiger partial charge in [0.25, 0.3) is 0 Å². The lowest BCUT2D eigenvalue weighted by molar-refractivity contribution is -0.274. The van der Waals surface area contributed by atoms with Gasteiger partial charge < -0.3 is 9.15 Å². The molecule has 4 aromatic rings. The van der Waals surface area contributed by atoms with Gasteiger partial charge in [-0.2, -0.15) is 5.10 Å². The molecule has 0 bridgehead atoms. The minimum absolute atomic E-state index is 0.321. The lowest BCUT2D eigenvalue weighted by Gasteiger charge is -2.11. The van der Waals surface area contributed by atoms with Gasteiger partial charge in [-0.3, -0.25) is 0 Å². The van der Waals surface area contributed by atoms with Crippen molar-refractivity contribution < 1.29 is 22.3 Å². The van der Waals surface area contributed by atoms with Crippen molar-refractivity contribution in [2.45, 2.75) is 20.2 Å². The van der Waals surface area contributed by atoms with Crippen LogP contribution in [0.25, 0.3) is 28.3 Å². The molecule has 4 rings (SSSR count). The van der Waals surface area contributed by atoms with Crippen LogP contribution in [0.4, 0.5) is 13.2 Å². The first-order valence-electron chi connectivity index (χ1n) is 8.96. The molecule has 2 heterocycles. The number of benzene rings is 2. The summed E-state index contributed by atoms with van der Waals surface area (Å²) in [7, 11) is 0. The van der Waals surface area contributed by atoms with Crippen LogP contribution in [0.15, 0.2) is 57.6 Å². The van der Waals surface area contributed by atoms with E-state index in [1.807, 2.05) is 18.2 Å². The molecular formula is C21H14BrClF3N3O2. The van der Waals surface area contributed by atoms with E-state index in [4.69, 9.17) is 16.0 Å². The van der Waals surface area contributed by atoms with Crippen LogP contribution in [0.5, 0.6) is 5.75 Å². The van der Waals surface area contributed by atoms with E-state index < -0.39 is 6.36 Å². The maximum atomic E-state index is 12.5. The molecule has 0 spiro atoms. The van der Waals surface area contributed by atoms with Gasteiger partial charge in [0.2, 0.25) is 0 Å². The van der Waals surface area contributed by atoms with Gasteiger partial charge in [-0.05, 0) is 49.4 Å². The summed E-state index contributed by atoms with van der Waals surface area (Å²) >= 11 is 9.66. The molecule has 2 aromatic heterocycles. The Balaban J connectivity index is 1.82.